The highest BCUT2D eigenvalue weighted by atomic mass is 32.1. The van der Waals surface area contributed by atoms with E-state index in [0.717, 1.165) is 47.7 Å². The van der Waals surface area contributed by atoms with Crippen molar-refractivity contribution in [3.8, 4) is 21.9 Å². The highest BCUT2D eigenvalue weighted by Gasteiger charge is 2.41. The average Bonchev–Trinajstić information content (AvgIpc) is 3.51. The van der Waals surface area contributed by atoms with Crippen molar-refractivity contribution in [1.82, 2.24) is 19.4 Å². The number of hydrogen-bond acceptors (Lipinski definition) is 7. The van der Waals surface area contributed by atoms with Gasteiger partial charge in [-0.2, -0.15) is 4.98 Å². The van der Waals surface area contributed by atoms with Gasteiger partial charge in [0.2, 0.25) is 5.95 Å². The summed E-state index contributed by atoms with van der Waals surface area (Å²) in [6, 6.07) is 12.4. The van der Waals surface area contributed by atoms with E-state index in [-0.39, 0.29) is 5.56 Å². The van der Waals surface area contributed by atoms with E-state index in [1.165, 1.54) is 5.69 Å². The monoisotopic (exact) mass is 612 g/mol. The maximum absolute atomic E-state index is 13.9. The summed E-state index contributed by atoms with van der Waals surface area (Å²) in [5, 5.41) is 6.15. The molecule has 9 heteroatoms. The smallest absolute Gasteiger partial charge is 0.261 e. The molecule has 43 heavy (non-hydrogen) atoms. The summed E-state index contributed by atoms with van der Waals surface area (Å²) in [4.78, 5) is 29.2. The van der Waals surface area contributed by atoms with Gasteiger partial charge in [0, 0.05) is 55.7 Å². The summed E-state index contributed by atoms with van der Waals surface area (Å²) < 4.78 is 1.64. The van der Waals surface area contributed by atoms with Gasteiger partial charge in [-0.25, -0.2) is 4.98 Å². The quantitative estimate of drug-likeness (QED) is 0.177. The molecule has 4 heterocycles. The maximum Gasteiger partial charge on any atom is 0.261 e. The number of piperazine rings is 1. The zero-order valence-electron chi connectivity index (χ0n) is 26.7. The minimum atomic E-state index is -2.04. The Hall–Kier alpha value is -3.45. The lowest BCUT2D eigenvalue weighted by Crippen LogP contribution is -2.44. The predicted octanol–water partition coefficient (Wildman–Crippen LogP) is 7.12. The van der Waals surface area contributed by atoms with Crippen LogP contribution >= 0.6 is 11.3 Å². The summed E-state index contributed by atoms with van der Waals surface area (Å²) in [5.41, 5.74) is 9.28. The molecule has 5 rings (SSSR count). The van der Waals surface area contributed by atoms with Crippen molar-refractivity contribution >= 4 is 47.8 Å². The van der Waals surface area contributed by atoms with E-state index in [2.05, 4.69) is 99.4 Å². The van der Waals surface area contributed by atoms with Crippen LogP contribution < -0.4 is 15.8 Å². The Labute approximate surface area is 261 Å². The van der Waals surface area contributed by atoms with Crippen LogP contribution in [0.1, 0.15) is 47.1 Å². The first-order chi connectivity index (χ1) is 20.5. The minimum Gasteiger partial charge on any atom is -0.369 e. The first kappa shape index (κ1) is 31.0. The van der Waals surface area contributed by atoms with Gasteiger partial charge in [-0.3, -0.25) is 9.36 Å². The largest absolute Gasteiger partial charge is 0.369 e. The van der Waals surface area contributed by atoms with Crippen molar-refractivity contribution in [3.63, 3.8) is 0 Å². The highest BCUT2D eigenvalue weighted by Crippen LogP contribution is 2.41. The van der Waals surface area contributed by atoms with Crippen LogP contribution in [-0.4, -0.2) is 60.7 Å². The van der Waals surface area contributed by atoms with E-state index >= 15 is 0 Å². The third kappa shape index (κ3) is 6.01. The number of fused-ring (bicyclic) bond motifs is 1. The van der Waals surface area contributed by atoms with Gasteiger partial charge >= 0.3 is 0 Å². The van der Waals surface area contributed by atoms with E-state index in [4.69, 9.17) is 9.97 Å². The number of aryl methyl sites for hydroxylation is 1. The van der Waals surface area contributed by atoms with Crippen LogP contribution in [0, 0.1) is 11.5 Å². The summed E-state index contributed by atoms with van der Waals surface area (Å²) in [7, 11) is 1.91. The van der Waals surface area contributed by atoms with Crippen LogP contribution in [0.25, 0.3) is 21.5 Å². The normalized spacial score (nSPS) is 14.5. The number of pyridine rings is 1. The first-order valence-electron chi connectivity index (χ1n) is 15.3. The molecule has 0 aliphatic carbocycles. The molecule has 0 amide bonds. The summed E-state index contributed by atoms with van der Waals surface area (Å²) in [5.74, 6) is 4.06. The molecule has 1 N–H and O–H groups in total. The lowest BCUT2D eigenvalue weighted by Gasteiger charge is -2.38. The number of thiophene rings is 1. The molecule has 4 aromatic rings. The second-order valence-corrected chi connectivity index (χ2v) is 19.2. The van der Waals surface area contributed by atoms with Gasteiger partial charge in [0.05, 0.1) is 16.5 Å². The molecule has 1 aromatic carbocycles. The fraction of sp³-hybridized carbons (Fsp3) is 0.441. The Bertz CT molecular complexity index is 1670. The van der Waals surface area contributed by atoms with Crippen molar-refractivity contribution < 1.29 is 0 Å². The van der Waals surface area contributed by atoms with E-state index in [9.17, 15) is 4.79 Å². The molecule has 226 valence electrons. The van der Waals surface area contributed by atoms with Crippen molar-refractivity contribution in [3.05, 3.63) is 63.9 Å². The van der Waals surface area contributed by atoms with Crippen LogP contribution in [0.3, 0.4) is 0 Å². The van der Waals surface area contributed by atoms with Crippen LogP contribution in [0.15, 0.2) is 52.8 Å². The molecule has 7 nitrogen and oxygen atoms in total. The molecule has 1 aliphatic heterocycles. The van der Waals surface area contributed by atoms with Crippen molar-refractivity contribution in [2.45, 2.75) is 58.2 Å². The van der Waals surface area contributed by atoms with Crippen molar-refractivity contribution in [1.29, 1.82) is 0 Å². The Kier molecular flexibility index (Phi) is 9.11. The van der Waals surface area contributed by atoms with Gasteiger partial charge in [-0.1, -0.05) is 53.5 Å². The SMILES string of the molecule is CC(C)[Si](C#Cc1c(-c2cccs2)c(=O)n(C)c2nc(Nc3ccc(N4CCN(C)CC4)cc3)ncc12)(C(C)C)C(C)C. The van der Waals surface area contributed by atoms with E-state index < -0.39 is 8.07 Å². The standard InChI is InChI=1S/C34H44N6OSSi/c1-23(2)43(24(3)4,25(5)6)21-15-28-29-22-35-34(37-32(29)39(8)33(41)31(28)30-10-9-20-42-30)36-26-11-13-27(14-12-26)40-18-16-38(7)17-19-40/h9-14,20,22-25H,16-19H2,1-8H3,(H,35,36,37). The van der Waals surface area contributed by atoms with Gasteiger partial charge in [0.1, 0.15) is 13.7 Å². The Morgan fingerprint density at radius 3 is 2.16 bits per heavy atom. The fourth-order valence-corrected chi connectivity index (χ4v) is 12.7. The van der Waals surface area contributed by atoms with Gasteiger partial charge in [-0.15, -0.1) is 16.9 Å². The lowest BCUT2D eigenvalue weighted by molar-refractivity contribution is 0.313. The number of nitrogens with one attached hydrogen (secondary N) is 1. The topological polar surface area (TPSA) is 66.3 Å². The average molecular weight is 613 g/mol. The van der Waals surface area contributed by atoms with Crippen molar-refractivity contribution in [2.24, 2.45) is 7.05 Å². The Morgan fingerprint density at radius 2 is 1.58 bits per heavy atom. The number of likely N-dealkylation sites (N-methyl/N-ethyl adjacent to an activating group) is 1. The third-order valence-electron chi connectivity index (χ3n) is 9.15. The van der Waals surface area contributed by atoms with Gasteiger partial charge in [0.25, 0.3) is 5.56 Å². The Morgan fingerprint density at radius 1 is 0.930 bits per heavy atom. The Balaban J connectivity index is 1.57. The molecular weight excluding hydrogens is 569 g/mol. The number of hydrogen-bond donors (Lipinski definition) is 1. The lowest BCUT2D eigenvalue weighted by atomic mass is 10.1. The number of benzene rings is 1. The second-order valence-electron chi connectivity index (χ2n) is 12.6. The second kappa shape index (κ2) is 12.6. The molecule has 0 saturated carbocycles. The van der Waals surface area contributed by atoms with Crippen LogP contribution in [0.4, 0.5) is 17.3 Å². The summed E-state index contributed by atoms with van der Waals surface area (Å²) >= 11 is 1.56. The molecule has 1 aliphatic rings. The molecule has 0 bridgehead atoms. The number of rotatable bonds is 7. The zero-order valence-corrected chi connectivity index (χ0v) is 28.5. The molecule has 0 spiro atoms. The number of nitrogens with zero attached hydrogens (tertiary/aromatic N) is 5. The molecule has 3 aromatic heterocycles. The van der Waals surface area contributed by atoms with Gasteiger partial charge in [0.15, 0.2) is 0 Å². The van der Waals surface area contributed by atoms with Crippen LogP contribution in [-0.2, 0) is 7.05 Å². The molecule has 1 saturated heterocycles. The molecule has 1 fully saturated rings. The molecule has 0 radical (unpaired) electrons. The van der Waals surface area contributed by atoms with E-state index in [1.807, 2.05) is 23.7 Å². The third-order valence-corrected chi connectivity index (χ3v) is 16.3. The fourth-order valence-electron chi connectivity index (χ4n) is 6.70. The highest BCUT2D eigenvalue weighted by molar-refractivity contribution is 7.13. The van der Waals surface area contributed by atoms with Crippen LogP contribution in [0.2, 0.25) is 16.6 Å². The molecular formula is C34H44N6OSSi. The summed E-state index contributed by atoms with van der Waals surface area (Å²) in [6.45, 7) is 18.0. The predicted molar refractivity (Wildman–Crippen MR) is 185 cm³/mol. The zero-order chi connectivity index (χ0) is 30.9. The van der Waals surface area contributed by atoms with Crippen molar-refractivity contribution in [2.75, 3.05) is 43.4 Å². The molecule has 0 unspecified atom stereocenters. The van der Waals surface area contributed by atoms with Gasteiger partial charge in [-0.05, 0) is 59.4 Å². The van der Waals surface area contributed by atoms with E-state index in [1.54, 1.807) is 23.0 Å². The minimum absolute atomic E-state index is 0.0914. The maximum atomic E-state index is 13.9. The summed E-state index contributed by atoms with van der Waals surface area (Å²) in [6.07, 6.45) is 1.83. The van der Waals surface area contributed by atoms with Gasteiger partial charge < -0.3 is 15.1 Å². The van der Waals surface area contributed by atoms with E-state index in [0.29, 0.717) is 33.8 Å². The van der Waals surface area contributed by atoms with Crippen LogP contribution in [0.5, 0.6) is 0 Å². The first-order valence-corrected chi connectivity index (χ1v) is 18.4. The number of aromatic nitrogens is 3. The molecule has 0 atom stereocenters. The number of anilines is 3.